The highest BCUT2D eigenvalue weighted by molar-refractivity contribution is 8.01. The first-order chi connectivity index (χ1) is 12.5. The summed E-state index contributed by atoms with van der Waals surface area (Å²) in [5.41, 5.74) is 3.25. The Bertz CT molecular complexity index is 913. The zero-order valence-electron chi connectivity index (χ0n) is 14.4. The fourth-order valence-corrected chi connectivity index (χ4v) is 4.91. The lowest BCUT2D eigenvalue weighted by Gasteiger charge is -1.98. The van der Waals surface area contributed by atoms with Crippen LogP contribution in [-0.2, 0) is 11.3 Å². The van der Waals surface area contributed by atoms with E-state index in [1.54, 1.807) is 11.3 Å². The van der Waals surface area contributed by atoms with Gasteiger partial charge in [0, 0.05) is 22.7 Å². The summed E-state index contributed by atoms with van der Waals surface area (Å²) < 4.78 is 0.893. The van der Waals surface area contributed by atoms with Gasteiger partial charge in [-0.2, -0.15) is 0 Å². The van der Waals surface area contributed by atoms with Crippen LogP contribution in [0.5, 0.6) is 0 Å². The maximum atomic E-state index is 12.4. The van der Waals surface area contributed by atoms with E-state index < -0.39 is 0 Å². The maximum Gasteiger partial charge on any atom is 0.217 e. The van der Waals surface area contributed by atoms with E-state index in [4.69, 9.17) is 0 Å². The number of aryl methyl sites for hydroxylation is 1. The SMILES string of the molecule is CC(=O)NCc1ccc(C(=O)CSc2nc(-c3ccc(C)cc3)cs2)s1. The Balaban J connectivity index is 1.56. The number of Topliss-reactive ketones (excluding diaryl/α,β-unsaturated/α-hetero) is 1. The van der Waals surface area contributed by atoms with Crippen molar-refractivity contribution in [3.05, 3.63) is 57.1 Å². The maximum absolute atomic E-state index is 12.4. The molecule has 0 aliphatic carbocycles. The van der Waals surface area contributed by atoms with Gasteiger partial charge in [0.25, 0.3) is 0 Å². The molecule has 1 amide bonds. The van der Waals surface area contributed by atoms with Gasteiger partial charge < -0.3 is 5.32 Å². The highest BCUT2D eigenvalue weighted by Crippen LogP contribution is 2.29. The molecule has 7 heteroatoms. The van der Waals surface area contributed by atoms with Crippen LogP contribution in [0.15, 0.2) is 46.1 Å². The molecule has 0 radical (unpaired) electrons. The molecule has 4 nitrogen and oxygen atoms in total. The molecule has 0 unspecified atom stereocenters. The van der Waals surface area contributed by atoms with E-state index in [0.29, 0.717) is 17.2 Å². The van der Waals surface area contributed by atoms with E-state index in [0.717, 1.165) is 20.5 Å². The van der Waals surface area contributed by atoms with Crippen molar-refractivity contribution in [2.24, 2.45) is 0 Å². The number of hydrogen-bond acceptors (Lipinski definition) is 6. The minimum absolute atomic E-state index is 0.0741. The number of hydrogen-bond donors (Lipinski definition) is 1. The second kappa shape index (κ2) is 8.62. The van der Waals surface area contributed by atoms with Gasteiger partial charge in [-0.25, -0.2) is 4.98 Å². The van der Waals surface area contributed by atoms with Crippen LogP contribution in [0.1, 0.15) is 27.0 Å². The van der Waals surface area contributed by atoms with Crippen molar-refractivity contribution in [1.29, 1.82) is 0 Å². The summed E-state index contributed by atoms with van der Waals surface area (Å²) in [6.45, 7) is 4.01. The van der Waals surface area contributed by atoms with E-state index in [1.807, 2.05) is 17.5 Å². The Morgan fingerprint density at radius 3 is 2.65 bits per heavy atom. The third-order valence-corrected chi connectivity index (χ3v) is 6.75. The monoisotopic (exact) mass is 402 g/mol. The van der Waals surface area contributed by atoms with E-state index in [2.05, 4.69) is 41.5 Å². The molecule has 0 bridgehead atoms. The number of thiophene rings is 1. The van der Waals surface area contributed by atoms with Gasteiger partial charge in [-0.1, -0.05) is 41.6 Å². The zero-order chi connectivity index (χ0) is 18.5. The van der Waals surface area contributed by atoms with E-state index >= 15 is 0 Å². The van der Waals surface area contributed by atoms with Crippen LogP contribution < -0.4 is 5.32 Å². The molecule has 0 saturated heterocycles. The minimum Gasteiger partial charge on any atom is -0.351 e. The van der Waals surface area contributed by atoms with Gasteiger partial charge in [-0.3, -0.25) is 9.59 Å². The first-order valence-corrected chi connectivity index (χ1v) is 10.7. The van der Waals surface area contributed by atoms with Crippen molar-refractivity contribution in [3.8, 4) is 11.3 Å². The largest absolute Gasteiger partial charge is 0.351 e. The molecule has 2 heterocycles. The highest BCUT2D eigenvalue weighted by Gasteiger charge is 2.12. The third kappa shape index (κ3) is 5.03. The number of thiazole rings is 1. The number of ketones is 1. The lowest BCUT2D eigenvalue weighted by molar-refractivity contribution is -0.119. The number of amides is 1. The fourth-order valence-electron chi connectivity index (χ4n) is 2.21. The number of carbonyl (C=O) groups is 2. The smallest absolute Gasteiger partial charge is 0.217 e. The summed E-state index contributed by atoms with van der Waals surface area (Å²) in [5, 5.41) is 4.76. The summed E-state index contributed by atoms with van der Waals surface area (Å²) in [6.07, 6.45) is 0. The van der Waals surface area contributed by atoms with Gasteiger partial charge in [0.15, 0.2) is 10.1 Å². The van der Waals surface area contributed by atoms with E-state index in [9.17, 15) is 9.59 Å². The third-order valence-electron chi connectivity index (χ3n) is 3.61. The van der Waals surface area contributed by atoms with Gasteiger partial charge in [0.05, 0.1) is 22.9 Å². The van der Waals surface area contributed by atoms with Crippen LogP contribution in [0.3, 0.4) is 0 Å². The molecular weight excluding hydrogens is 384 g/mol. The molecule has 2 aromatic heterocycles. The minimum atomic E-state index is -0.0741. The molecule has 3 aromatic rings. The van der Waals surface area contributed by atoms with Gasteiger partial charge in [0.2, 0.25) is 5.91 Å². The lowest BCUT2D eigenvalue weighted by Crippen LogP contribution is -2.18. The topological polar surface area (TPSA) is 59.1 Å². The van der Waals surface area contributed by atoms with Crippen molar-refractivity contribution in [1.82, 2.24) is 10.3 Å². The number of carbonyl (C=O) groups excluding carboxylic acids is 2. The molecule has 1 N–H and O–H groups in total. The van der Waals surface area contributed by atoms with Crippen molar-refractivity contribution in [3.63, 3.8) is 0 Å². The highest BCUT2D eigenvalue weighted by atomic mass is 32.2. The molecule has 0 spiro atoms. The fraction of sp³-hybridized carbons (Fsp3) is 0.211. The van der Waals surface area contributed by atoms with Crippen molar-refractivity contribution < 1.29 is 9.59 Å². The Morgan fingerprint density at radius 1 is 1.15 bits per heavy atom. The average molecular weight is 403 g/mol. The summed E-state index contributed by atoms with van der Waals surface area (Å²) in [4.78, 5) is 29.6. The Hall–Kier alpha value is -1.96. The normalized spacial score (nSPS) is 10.7. The molecule has 134 valence electrons. The van der Waals surface area contributed by atoms with Gasteiger partial charge >= 0.3 is 0 Å². The molecule has 26 heavy (non-hydrogen) atoms. The van der Waals surface area contributed by atoms with Gasteiger partial charge in [0.1, 0.15) is 0 Å². The van der Waals surface area contributed by atoms with Crippen molar-refractivity contribution >= 4 is 46.1 Å². The Kier molecular flexibility index (Phi) is 6.24. The standard InChI is InChI=1S/C19H18N2O2S3/c1-12-3-5-14(6-4-12)16-10-24-19(21-16)25-11-17(23)18-8-7-15(26-18)9-20-13(2)22/h3-8,10H,9,11H2,1-2H3,(H,20,22). The number of nitrogens with zero attached hydrogens (tertiary/aromatic N) is 1. The van der Waals surface area contributed by atoms with E-state index in [1.165, 1.54) is 35.6 Å². The van der Waals surface area contributed by atoms with Crippen LogP contribution in [0, 0.1) is 6.92 Å². The van der Waals surface area contributed by atoms with Crippen LogP contribution in [0.25, 0.3) is 11.3 Å². The number of thioether (sulfide) groups is 1. The molecule has 0 aliphatic rings. The second-order valence-electron chi connectivity index (χ2n) is 5.75. The molecule has 0 fully saturated rings. The van der Waals surface area contributed by atoms with Crippen molar-refractivity contribution in [2.45, 2.75) is 24.7 Å². The summed E-state index contributed by atoms with van der Waals surface area (Å²) in [5.74, 6) is 0.372. The quantitative estimate of drug-likeness (QED) is 0.456. The molecule has 0 saturated carbocycles. The summed E-state index contributed by atoms with van der Waals surface area (Å²) in [6, 6.07) is 12.0. The predicted molar refractivity (Wildman–Crippen MR) is 109 cm³/mol. The number of nitrogens with one attached hydrogen (secondary N) is 1. The van der Waals surface area contributed by atoms with Crippen LogP contribution in [0.4, 0.5) is 0 Å². The number of benzene rings is 1. The number of aromatic nitrogens is 1. The number of rotatable bonds is 7. The first kappa shape index (κ1) is 18.8. The van der Waals surface area contributed by atoms with Gasteiger partial charge in [-0.05, 0) is 19.1 Å². The Morgan fingerprint density at radius 2 is 1.92 bits per heavy atom. The van der Waals surface area contributed by atoms with Crippen LogP contribution in [0.2, 0.25) is 0 Å². The average Bonchev–Trinajstić information content (AvgIpc) is 3.28. The van der Waals surface area contributed by atoms with E-state index in [-0.39, 0.29) is 11.7 Å². The summed E-state index contributed by atoms with van der Waals surface area (Å²) >= 11 is 4.45. The Labute approximate surface area is 164 Å². The van der Waals surface area contributed by atoms with Crippen LogP contribution >= 0.6 is 34.4 Å². The second-order valence-corrected chi connectivity index (χ2v) is 9.00. The molecular formula is C19H18N2O2S3. The van der Waals surface area contributed by atoms with Crippen LogP contribution in [-0.4, -0.2) is 22.4 Å². The first-order valence-electron chi connectivity index (χ1n) is 8.03. The zero-order valence-corrected chi connectivity index (χ0v) is 16.9. The predicted octanol–water partition coefficient (Wildman–Crippen LogP) is 4.79. The molecule has 0 aliphatic heterocycles. The van der Waals surface area contributed by atoms with Crippen molar-refractivity contribution in [2.75, 3.05) is 5.75 Å². The molecule has 3 rings (SSSR count). The molecule has 1 aromatic carbocycles. The van der Waals surface area contributed by atoms with Gasteiger partial charge in [-0.15, -0.1) is 22.7 Å². The molecule has 0 atom stereocenters. The lowest BCUT2D eigenvalue weighted by atomic mass is 10.1. The summed E-state index contributed by atoms with van der Waals surface area (Å²) in [7, 11) is 0.